The molecule has 0 atom stereocenters. The summed E-state index contributed by atoms with van der Waals surface area (Å²) in [6, 6.07) is 10.3. The van der Waals surface area contributed by atoms with E-state index < -0.39 is 0 Å². The first-order chi connectivity index (χ1) is 10.9. The van der Waals surface area contributed by atoms with Gasteiger partial charge in [0, 0.05) is 17.6 Å². The molecule has 0 radical (unpaired) electrons. The van der Waals surface area contributed by atoms with Gasteiger partial charge < -0.3 is 0 Å². The highest BCUT2D eigenvalue weighted by molar-refractivity contribution is 6.03. The zero-order valence-corrected chi connectivity index (χ0v) is 14.6. The number of benzene rings is 1. The second-order valence-electron chi connectivity index (χ2n) is 5.98. The number of pyridine rings is 1. The minimum absolute atomic E-state index is 0.999. The van der Waals surface area contributed by atoms with Crippen LogP contribution in [0.4, 0.5) is 5.69 Å². The summed E-state index contributed by atoms with van der Waals surface area (Å²) in [4.78, 5) is 9.14. The van der Waals surface area contributed by atoms with E-state index in [0.29, 0.717) is 0 Å². The van der Waals surface area contributed by atoms with Gasteiger partial charge in [-0.05, 0) is 75.1 Å². The summed E-state index contributed by atoms with van der Waals surface area (Å²) >= 11 is 0. The van der Waals surface area contributed by atoms with E-state index >= 15 is 0 Å². The van der Waals surface area contributed by atoms with Crippen LogP contribution in [0.15, 0.2) is 53.7 Å². The summed E-state index contributed by atoms with van der Waals surface area (Å²) in [6.45, 7) is 14.3. The molecule has 23 heavy (non-hydrogen) atoms. The van der Waals surface area contributed by atoms with Crippen molar-refractivity contribution in [1.29, 1.82) is 0 Å². The third-order valence-electron chi connectivity index (χ3n) is 3.98. The van der Waals surface area contributed by atoms with Crippen molar-refractivity contribution in [2.75, 3.05) is 0 Å². The van der Waals surface area contributed by atoms with Crippen molar-refractivity contribution in [1.82, 2.24) is 4.98 Å². The minimum atomic E-state index is 0.999. The zero-order chi connectivity index (χ0) is 17.0. The Kier molecular flexibility index (Phi) is 5.28. The Hall–Kier alpha value is -2.48. The average molecular weight is 304 g/mol. The third kappa shape index (κ3) is 4.26. The van der Waals surface area contributed by atoms with E-state index in [4.69, 9.17) is 4.99 Å². The molecule has 118 valence electrons. The first-order valence-electron chi connectivity index (χ1n) is 7.80. The van der Waals surface area contributed by atoms with Gasteiger partial charge >= 0.3 is 0 Å². The molecule has 2 rings (SSSR count). The normalized spacial score (nSPS) is 12.4. The van der Waals surface area contributed by atoms with E-state index in [2.05, 4.69) is 55.8 Å². The van der Waals surface area contributed by atoms with Crippen molar-refractivity contribution in [2.45, 2.75) is 34.6 Å². The maximum Gasteiger partial charge on any atom is 0.0668 e. The Morgan fingerprint density at radius 1 is 1.13 bits per heavy atom. The van der Waals surface area contributed by atoms with E-state index in [1.807, 2.05) is 33.0 Å². The van der Waals surface area contributed by atoms with Gasteiger partial charge in [0.1, 0.15) is 0 Å². The van der Waals surface area contributed by atoms with Gasteiger partial charge in [-0.3, -0.25) is 9.98 Å². The summed E-state index contributed by atoms with van der Waals surface area (Å²) in [5, 5.41) is 0. The summed E-state index contributed by atoms with van der Waals surface area (Å²) in [7, 11) is 0. The fraction of sp³-hybridized carbons (Fsp3) is 0.238. The van der Waals surface area contributed by atoms with E-state index in [-0.39, 0.29) is 0 Å². The van der Waals surface area contributed by atoms with Crippen molar-refractivity contribution in [3.05, 3.63) is 71.1 Å². The van der Waals surface area contributed by atoms with Gasteiger partial charge in [0.25, 0.3) is 0 Å². The maximum atomic E-state index is 4.81. The summed E-state index contributed by atoms with van der Waals surface area (Å²) in [5.41, 5.74) is 8.66. The van der Waals surface area contributed by atoms with Crippen molar-refractivity contribution in [3.63, 3.8) is 0 Å². The second kappa shape index (κ2) is 7.19. The average Bonchev–Trinajstić information content (AvgIpc) is 2.51. The Morgan fingerprint density at radius 2 is 1.87 bits per heavy atom. The van der Waals surface area contributed by atoms with Crippen LogP contribution in [-0.2, 0) is 0 Å². The molecule has 1 aromatic heterocycles. The SMILES string of the molecule is C=C(C)c1ccc(C)c(N=C(C)/C(C)=C/c2cccnc2C)c1. The van der Waals surface area contributed by atoms with Gasteiger partial charge in [-0.2, -0.15) is 0 Å². The number of nitrogens with zero attached hydrogens (tertiary/aromatic N) is 2. The van der Waals surface area contributed by atoms with Gasteiger partial charge in [-0.1, -0.05) is 30.4 Å². The lowest BCUT2D eigenvalue weighted by atomic mass is 10.0. The fourth-order valence-corrected chi connectivity index (χ4v) is 2.25. The van der Waals surface area contributed by atoms with Crippen LogP contribution in [0.3, 0.4) is 0 Å². The molecule has 1 heterocycles. The lowest BCUT2D eigenvalue weighted by Gasteiger charge is -2.08. The fourth-order valence-electron chi connectivity index (χ4n) is 2.25. The molecule has 0 fully saturated rings. The Balaban J connectivity index is 2.38. The Labute approximate surface area is 139 Å². The number of aliphatic imine (C=N–C) groups is 1. The predicted molar refractivity (Wildman–Crippen MR) is 101 cm³/mol. The number of allylic oxidation sites excluding steroid dienone is 2. The lowest BCUT2D eigenvalue weighted by molar-refractivity contribution is 1.19. The summed E-state index contributed by atoms with van der Waals surface area (Å²) in [5.74, 6) is 0. The molecule has 0 spiro atoms. The number of hydrogen-bond acceptors (Lipinski definition) is 2. The lowest BCUT2D eigenvalue weighted by Crippen LogP contribution is -1.95. The molecule has 2 aromatic rings. The van der Waals surface area contributed by atoms with Crippen molar-refractivity contribution in [3.8, 4) is 0 Å². The molecule has 0 N–H and O–H groups in total. The summed E-state index contributed by atoms with van der Waals surface area (Å²) < 4.78 is 0. The molecular formula is C21H24N2. The molecule has 2 heteroatoms. The van der Waals surface area contributed by atoms with Crippen LogP contribution in [0.5, 0.6) is 0 Å². The monoisotopic (exact) mass is 304 g/mol. The van der Waals surface area contributed by atoms with E-state index in [1.165, 1.54) is 5.56 Å². The minimum Gasteiger partial charge on any atom is -0.261 e. The number of rotatable bonds is 4. The first-order valence-corrected chi connectivity index (χ1v) is 7.80. The van der Waals surface area contributed by atoms with Gasteiger partial charge in [-0.25, -0.2) is 0 Å². The Morgan fingerprint density at radius 3 is 2.52 bits per heavy atom. The molecule has 0 aliphatic carbocycles. The number of hydrogen-bond donors (Lipinski definition) is 0. The quantitative estimate of drug-likeness (QED) is 0.643. The predicted octanol–water partition coefficient (Wildman–Crippen LogP) is 5.93. The molecule has 0 aliphatic rings. The van der Waals surface area contributed by atoms with E-state index in [9.17, 15) is 0 Å². The van der Waals surface area contributed by atoms with Gasteiger partial charge in [0.15, 0.2) is 0 Å². The highest BCUT2D eigenvalue weighted by atomic mass is 14.7. The molecule has 1 aromatic carbocycles. The molecule has 0 amide bonds. The standard InChI is InChI=1S/C21H24N2/c1-14(2)19-10-9-15(3)21(13-19)23-17(5)16(4)12-20-8-7-11-22-18(20)6/h7-13H,1H2,2-6H3/b16-12+,23-17?. The molecule has 0 saturated heterocycles. The molecule has 0 aliphatic heterocycles. The topological polar surface area (TPSA) is 25.2 Å². The van der Waals surface area contributed by atoms with Crippen molar-refractivity contribution >= 4 is 23.0 Å². The van der Waals surface area contributed by atoms with Crippen LogP contribution in [0.1, 0.15) is 43.2 Å². The third-order valence-corrected chi connectivity index (χ3v) is 3.98. The smallest absolute Gasteiger partial charge is 0.0668 e. The van der Waals surface area contributed by atoms with Gasteiger partial charge in [0.05, 0.1) is 5.69 Å². The van der Waals surface area contributed by atoms with Gasteiger partial charge in [-0.15, -0.1) is 0 Å². The highest BCUT2D eigenvalue weighted by Crippen LogP contribution is 2.25. The maximum absolute atomic E-state index is 4.81. The van der Waals surface area contributed by atoms with E-state index in [1.54, 1.807) is 0 Å². The van der Waals surface area contributed by atoms with Crippen LogP contribution < -0.4 is 0 Å². The van der Waals surface area contributed by atoms with Gasteiger partial charge in [0.2, 0.25) is 0 Å². The van der Waals surface area contributed by atoms with Crippen LogP contribution in [0.25, 0.3) is 11.6 Å². The summed E-state index contributed by atoms with van der Waals surface area (Å²) in [6.07, 6.45) is 3.95. The molecule has 0 saturated carbocycles. The number of aromatic nitrogens is 1. The molecule has 0 unspecified atom stereocenters. The number of aryl methyl sites for hydroxylation is 2. The molecular weight excluding hydrogens is 280 g/mol. The largest absolute Gasteiger partial charge is 0.261 e. The van der Waals surface area contributed by atoms with Crippen LogP contribution in [0, 0.1) is 13.8 Å². The van der Waals surface area contributed by atoms with Crippen LogP contribution in [-0.4, -0.2) is 10.7 Å². The van der Waals surface area contributed by atoms with Crippen molar-refractivity contribution in [2.24, 2.45) is 4.99 Å². The zero-order valence-electron chi connectivity index (χ0n) is 14.6. The van der Waals surface area contributed by atoms with Crippen LogP contribution >= 0.6 is 0 Å². The second-order valence-corrected chi connectivity index (χ2v) is 5.98. The van der Waals surface area contributed by atoms with Crippen molar-refractivity contribution < 1.29 is 0 Å². The molecule has 0 bridgehead atoms. The first kappa shape index (κ1) is 16.9. The van der Waals surface area contributed by atoms with Crippen LogP contribution in [0.2, 0.25) is 0 Å². The van der Waals surface area contributed by atoms with E-state index in [0.717, 1.165) is 39.4 Å². The highest BCUT2D eigenvalue weighted by Gasteiger charge is 2.03. The molecule has 2 nitrogen and oxygen atoms in total. The Bertz CT molecular complexity index is 795.